The van der Waals surface area contributed by atoms with Crippen molar-refractivity contribution >= 4 is 11.7 Å². The number of rotatable bonds is 4. The quantitative estimate of drug-likeness (QED) is 0.910. The Morgan fingerprint density at radius 2 is 2.23 bits per heavy atom. The number of hydrogen-bond acceptors (Lipinski definition) is 5. The van der Waals surface area contributed by atoms with Gasteiger partial charge in [-0.25, -0.2) is 4.98 Å². The van der Waals surface area contributed by atoms with Gasteiger partial charge in [-0.05, 0) is 38.3 Å². The third-order valence-corrected chi connectivity index (χ3v) is 5.20. The summed E-state index contributed by atoms with van der Waals surface area (Å²) in [5, 5.41) is 4.46. The fourth-order valence-electron chi connectivity index (χ4n) is 3.88. The molecule has 2 aliphatic heterocycles. The van der Waals surface area contributed by atoms with Crippen LogP contribution in [0.15, 0.2) is 18.3 Å². The van der Waals surface area contributed by atoms with Crippen LogP contribution in [0.3, 0.4) is 0 Å². The van der Waals surface area contributed by atoms with E-state index in [1.807, 2.05) is 16.9 Å². The van der Waals surface area contributed by atoms with E-state index in [9.17, 15) is 4.79 Å². The third-order valence-electron chi connectivity index (χ3n) is 5.20. The Hall–Kier alpha value is -2.41. The summed E-state index contributed by atoms with van der Waals surface area (Å²) in [7, 11) is 0. The number of anilines is 1. The molecule has 0 saturated carbocycles. The van der Waals surface area contributed by atoms with Crippen molar-refractivity contribution in [3.8, 4) is 0 Å². The normalized spacial score (nSPS) is 19.8. The molecule has 1 amide bonds. The van der Waals surface area contributed by atoms with Crippen LogP contribution in [0.25, 0.3) is 0 Å². The Morgan fingerprint density at radius 3 is 2.85 bits per heavy atom. The number of primary amides is 1. The lowest BCUT2D eigenvalue weighted by molar-refractivity contribution is 0.0993. The molecule has 7 heteroatoms. The van der Waals surface area contributed by atoms with Crippen LogP contribution < -0.4 is 10.6 Å². The van der Waals surface area contributed by atoms with Crippen molar-refractivity contribution in [2.24, 2.45) is 5.73 Å². The molecule has 7 nitrogen and oxygen atoms in total. The van der Waals surface area contributed by atoms with Gasteiger partial charge < -0.3 is 15.4 Å². The molecule has 4 rings (SSSR count). The minimum absolute atomic E-state index is 0.176. The van der Waals surface area contributed by atoms with Gasteiger partial charge in [-0.3, -0.25) is 9.48 Å². The summed E-state index contributed by atoms with van der Waals surface area (Å²) in [6.45, 7) is 6.41. The molecule has 1 unspecified atom stereocenters. The van der Waals surface area contributed by atoms with E-state index in [0.717, 1.165) is 55.1 Å². The molecule has 0 aromatic carbocycles. The average molecular weight is 355 g/mol. The van der Waals surface area contributed by atoms with Crippen LogP contribution in [0.1, 0.15) is 66.1 Å². The first-order chi connectivity index (χ1) is 12.5. The van der Waals surface area contributed by atoms with E-state index in [1.165, 1.54) is 0 Å². The van der Waals surface area contributed by atoms with Crippen molar-refractivity contribution in [3.63, 3.8) is 0 Å². The monoisotopic (exact) mass is 355 g/mol. The summed E-state index contributed by atoms with van der Waals surface area (Å²) in [6.07, 6.45) is 5.08. The van der Waals surface area contributed by atoms with Crippen molar-refractivity contribution in [2.75, 3.05) is 18.1 Å². The second-order valence-corrected chi connectivity index (χ2v) is 7.30. The molecule has 0 radical (unpaired) electrons. The Labute approximate surface area is 153 Å². The van der Waals surface area contributed by atoms with Crippen molar-refractivity contribution in [3.05, 3.63) is 40.8 Å². The highest BCUT2D eigenvalue weighted by atomic mass is 16.5. The van der Waals surface area contributed by atoms with E-state index in [-0.39, 0.29) is 12.1 Å². The van der Waals surface area contributed by atoms with Gasteiger partial charge in [0, 0.05) is 49.6 Å². The van der Waals surface area contributed by atoms with Crippen molar-refractivity contribution in [1.29, 1.82) is 0 Å². The van der Waals surface area contributed by atoms with Crippen LogP contribution >= 0.6 is 0 Å². The summed E-state index contributed by atoms with van der Waals surface area (Å²) in [4.78, 5) is 18.7. The maximum absolute atomic E-state index is 11.8. The van der Waals surface area contributed by atoms with Crippen LogP contribution in [-0.2, 0) is 17.7 Å². The number of nitrogens with zero attached hydrogens (tertiary/aromatic N) is 4. The number of hydrogen-bond donors (Lipinski definition) is 1. The molecule has 1 saturated heterocycles. The Morgan fingerprint density at radius 1 is 1.38 bits per heavy atom. The highest BCUT2D eigenvalue weighted by molar-refractivity contribution is 5.92. The Kier molecular flexibility index (Phi) is 4.40. The fraction of sp³-hybridized carbons (Fsp3) is 0.526. The lowest BCUT2D eigenvalue weighted by Crippen LogP contribution is -2.32. The summed E-state index contributed by atoms with van der Waals surface area (Å²) in [5.41, 5.74) is 9.12. The van der Waals surface area contributed by atoms with Gasteiger partial charge in [-0.2, -0.15) is 5.10 Å². The number of fused-ring (bicyclic) bond motifs is 1. The van der Waals surface area contributed by atoms with Crippen molar-refractivity contribution < 1.29 is 9.53 Å². The molecule has 2 aliphatic rings. The Bertz CT molecular complexity index is 806. The second kappa shape index (κ2) is 6.72. The highest BCUT2D eigenvalue weighted by Gasteiger charge is 2.28. The maximum atomic E-state index is 11.8. The highest BCUT2D eigenvalue weighted by Crippen LogP contribution is 2.31. The first kappa shape index (κ1) is 17.0. The van der Waals surface area contributed by atoms with Crippen LogP contribution in [0, 0.1) is 0 Å². The van der Waals surface area contributed by atoms with Crippen LogP contribution in [0.4, 0.5) is 5.82 Å². The van der Waals surface area contributed by atoms with Crippen LogP contribution in [0.5, 0.6) is 0 Å². The lowest BCUT2D eigenvalue weighted by atomic mass is 10.0. The zero-order valence-electron chi connectivity index (χ0n) is 15.3. The van der Waals surface area contributed by atoms with E-state index in [4.69, 9.17) is 10.5 Å². The number of carbonyl (C=O) groups is 1. The van der Waals surface area contributed by atoms with Crippen molar-refractivity contribution in [2.45, 2.75) is 51.8 Å². The smallest absolute Gasteiger partial charge is 0.269 e. The molecule has 1 atom stereocenters. The molecule has 2 aromatic rings. The molecule has 138 valence electrons. The lowest BCUT2D eigenvalue weighted by Gasteiger charge is -2.29. The summed E-state index contributed by atoms with van der Waals surface area (Å²) >= 11 is 0. The molecule has 4 heterocycles. The van der Waals surface area contributed by atoms with Gasteiger partial charge in [0.05, 0.1) is 6.10 Å². The zero-order valence-corrected chi connectivity index (χ0v) is 15.3. The second-order valence-electron chi connectivity index (χ2n) is 7.30. The van der Waals surface area contributed by atoms with Gasteiger partial charge in [-0.1, -0.05) is 6.07 Å². The number of aromatic nitrogens is 3. The first-order valence-electron chi connectivity index (χ1n) is 9.27. The molecular formula is C19H25N5O2. The van der Waals surface area contributed by atoms with E-state index >= 15 is 0 Å². The standard InChI is InChI=1S/C19H25N5O2/c1-12(2)24-15-7-8-23(11-14(15)18(22-24)19(20)25)17-6-5-13(10-21-17)16-4-3-9-26-16/h5-6,10,12,16H,3-4,7-9,11H2,1-2H3,(H2,20,25). The topological polar surface area (TPSA) is 86.3 Å². The molecule has 0 spiro atoms. The van der Waals surface area contributed by atoms with Gasteiger partial charge in [0.25, 0.3) is 5.91 Å². The maximum Gasteiger partial charge on any atom is 0.269 e. The largest absolute Gasteiger partial charge is 0.373 e. The minimum atomic E-state index is -0.468. The van der Waals surface area contributed by atoms with Gasteiger partial charge in [0.15, 0.2) is 5.69 Å². The molecule has 0 aliphatic carbocycles. The van der Waals surface area contributed by atoms with Crippen LogP contribution in [-0.4, -0.2) is 33.8 Å². The summed E-state index contributed by atoms with van der Waals surface area (Å²) in [6, 6.07) is 4.34. The van der Waals surface area contributed by atoms with E-state index in [2.05, 4.69) is 34.9 Å². The molecule has 1 fully saturated rings. The predicted molar refractivity (Wildman–Crippen MR) is 98.0 cm³/mol. The summed E-state index contributed by atoms with van der Waals surface area (Å²) < 4.78 is 7.65. The molecule has 2 aromatic heterocycles. The number of pyridine rings is 1. The average Bonchev–Trinajstić information content (AvgIpc) is 3.29. The SMILES string of the molecule is CC(C)n1nc(C(N)=O)c2c1CCN(c1ccc(C3CCCO3)cn1)C2. The number of carbonyl (C=O) groups excluding carboxylic acids is 1. The zero-order chi connectivity index (χ0) is 18.3. The molecule has 2 N–H and O–H groups in total. The van der Waals surface area contributed by atoms with Gasteiger partial charge >= 0.3 is 0 Å². The van der Waals surface area contributed by atoms with Crippen LogP contribution in [0.2, 0.25) is 0 Å². The molecule has 26 heavy (non-hydrogen) atoms. The van der Waals surface area contributed by atoms with E-state index in [1.54, 1.807) is 0 Å². The Balaban J connectivity index is 1.59. The van der Waals surface area contributed by atoms with E-state index < -0.39 is 5.91 Å². The number of amides is 1. The van der Waals surface area contributed by atoms with Gasteiger partial charge in [0.2, 0.25) is 0 Å². The van der Waals surface area contributed by atoms with Gasteiger partial charge in [-0.15, -0.1) is 0 Å². The number of ether oxygens (including phenoxy) is 1. The van der Waals surface area contributed by atoms with Crippen molar-refractivity contribution in [1.82, 2.24) is 14.8 Å². The fourth-order valence-corrected chi connectivity index (χ4v) is 3.88. The molecular weight excluding hydrogens is 330 g/mol. The van der Waals surface area contributed by atoms with E-state index in [0.29, 0.717) is 12.2 Å². The third kappa shape index (κ3) is 2.96. The summed E-state index contributed by atoms with van der Waals surface area (Å²) in [5.74, 6) is 0.439. The predicted octanol–water partition coefficient (Wildman–Crippen LogP) is 2.37. The first-order valence-corrected chi connectivity index (χ1v) is 9.27. The molecule has 0 bridgehead atoms. The van der Waals surface area contributed by atoms with Gasteiger partial charge in [0.1, 0.15) is 5.82 Å². The number of nitrogens with two attached hydrogens (primary N) is 1. The minimum Gasteiger partial charge on any atom is -0.373 e.